The van der Waals surface area contributed by atoms with Crippen LogP contribution in [0.4, 0.5) is 8.78 Å². The summed E-state index contributed by atoms with van der Waals surface area (Å²) in [6, 6.07) is 6.99. The Hall–Kier alpha value is -1.36. The van der Waals surface area contributed by atoms with E-state index in [0.29, 0.717) is 22.6 Å². The highest BCUT2D eigenvalue weighted by Crippen LogP contribution is 2.49. The third kappa shape index (κ3) is 4.38. The molecule has 0 unspecified atom stereocenters. The Morgan fingerprint density at radius 2 is 2.00 bits per heavy atom. The molecular formula is C19H23F2NOS. The predicted molar refractivity (Wildman–Crippen MR) is 93.9 cm³/mol. The van der Waals surface area contributed by atoms with E-state index in [4.69, 9.17) is 0 Å². The maximum Gasteiger partial charge on any atom is 0.288 e. The Morgan fingerprint density at radius 3 is 2.58 bits per heavy atom. The zero-order valence-corrected chi connectivity index (χ0v) is 14.6. The van der Waals surface area contributed by atoms with Crippen LogP contribution in [0.5, 0.6) is 0 Å². The van der Waals surface area contributed by atoms with Crippen LogP contribution < -0.4 is 5.32 Å². The third-order valence-electron chi connectivity index (χ3n) is 5.34. The van der Waals surface area contributed by atoms with Gasteiger partial charge in [0.2, 0.25) is 5.91 Å². The first kappa shape index (κ1) is 17.5. The Bertz CT molecular complexity index is 602. The van der Waals surface area contributed by atoms with E-state index >= 15 is 0 Å². The lowest BCUT2D eigenvalue weighted by atomic mass is 9.84. The van der Waals surface area contributed by atoms with E-state index in [1.807, 2.05) is 0 Å². The second-order valence-corrected chi connectivity index (χ2v) is 7.98. The monoisotopic (exact) mass is 351 g/mol. The fourth-order valence-electron chi connectivity index (χ4n) is 4.22. The van der Waals surface area contributed by atoms with Crippen molar-refractivity contribution in [1.82, 2.24) is 5.32 Å². The topological polar surface area (TPSA) is 29.1 Å². The zero-order valence-electron chi connectivity index (χ0n) is 13.8. The number of nitrogens with one attached hydrogen (secondary N) is 1. The number of amides is 1. The fraction of sp³-hybridized carbons (Fsp3) is 0.526. The molecule has 1 N–H and O–H groups in total. The smallest absolute Gasteiger partial charge is 0.288 e. The molecule has 1 aromatic rings. The molecule has 0 spiro atoms. The van der Waals surface area contributed by atoms with Gasteiger partial charge in [0, 0.05) is 17.0 Å². The lowest BCUT2D eigenvalue weighted by molar-refractivity contribution is -0.117. The van der Waals surface area contributed by atoms with Gasteiger partial charge >= 0.3 is 0 Å². The second-order valence-electron chi connectivity index (χ2n) is 6.92. The van der Waals surface area contributed by atoms with Gasteiger partial charge in [-0.3, -0.25) is 4.79 Å². The van der Waals surface area contributed by atoms with Gasteiger partial charge in [-0.1, -0.05) is 30.3 Å². The summed E-state index contributed by atoms with van der Waals surface area (Å²) < 4.78 is 24.6. The minimum atomic E-state index is -2.41. The molecule has 2 saturated carbocycles. The van der Waals surface area contributed by atoms with Crippen LogP contribution in [0.25, 0.3) is 6.08 Å². The van der Waals surface area contributed by atoms with Crippen LogP contribution in [0.1, 0.15) is 38.2 Å². The number of carbonyl (C=O) groups is 1. The van der Waals surface area contributed by atoms with Crippen molar-refractivity contribution in [2.45, 2.75) is 49.3 Å². The summed E-state index contributed by atoms with van der Waals surface area (Å²) in [6.45, 7) is 2.10. The van der Waals surface area contributed by atoms with Crippen LogP contribution in [-0.2, 0) is 4.79 Å². The molecule has 130 valence electrons. The van der Waals surface area contributed by atoms with Gasteiger partial charge in [0.15, 0.2) is 0 Å². The van der Waals surface area contributed by atoms with Gasteiger partial charge in [0.25, 0.3) is 5.76 Å². The summed E-state index contributed by atoms with van der Waals surface area (Å²) >= 11 is 0.523. The molecule has 2 aliphatic carbocycles. The van der Waals surface area contributed by atoms with Gasteiger partial charge in [-0.05, 0) is 67.7 Å². The minimum Gasteiger partial charge on any atom is -0.350 e. The quantitative estimate of drug-likeness (QED) is 0.580. The molecule has 2 aliphatic rings. The molecule has 5 heteroatoms. The maximum atomic E-state index is 12.3. The van der Waals surface area contributed by atoms with Crippen molar-refractivity contribution in [3.8, 4) is 0 Å². The highest BCUT2D eigenvalue weighted by molar-refractivity contribution is 7.99. The number of alkyl halides is 2. The SMILES string of the molecule is C[C@@H](NC(=O)/C=C/c1ccc(SC(F)F)cc1)[C@H]1C[C@H]2CC[C@@H]1C2. The number of rotatable bonds is 6. The molecule has 2 bridgehead atoms. The Morgan fingerprint density at radius 1 is 1.25 bits per heavy atom. The molecule has 24 heavy (non-hydrogen) atoms. The van der Waals surface area contributed by atoms with E-state index in [2.05, 4.69) is 12.2 Å². The van der Waals surface area contributed by atoms with E-state index in [1.165, 1.54) is 31.8 Å². The first-order chi connectivity index (χ1) is 11.5. The number of thioether (sulfide) groups is 1. The van der Waals surface area contributed by atoms with Crippen molar-refractivity contribution in [2.75, 3.05) is 0 Å². The number of halogens is 2. The standard InChI is InChI=1S/C19H23F2NOS/c1-12(17-11-14-2-6-15(17)10-14)22-18(23)9-5-13-3-7-16(8-4-13)24-19(20)21/h3-5,7-9,12,14-15,17,19H,2,6,10-11H2,1H3,(H,22,23)/b9-5+/t12-,14+,15-,17-/m1/s1. The van der Waals surface area contributed by atoms with E-state index in [9.17, 15) is 13.6 Å². The number of hydrogen-bond donors (Lipinski definition) is 1. The predicted octanol–water partition coefficient (Wildman–Crippen LogP) is 4.96. The molecule has 3 rings (SSSR count). The number of hydrogen-bond acceptors (Lipinski definition) is 2. The summed E-state index contributed by atoms with van der Waals surface area (Å²) in [4.78, 5) is 12.6. The number of fused-ring (bicyclic) bond motifs is 2. The van der Waals surface area contributed by atoms with Gasteiger partial charge in [0.1, 0.15) is 0 Å². The number of carbonyl (C=O) groups excluding carboxylic acids is 1. The van der Waals surface area contributed by atoms with Gasteiger partial charge in [-0.15, -0.1) is 0 Å². The number of benzene rings is 1. The highest BCUT2D eigenvalue weighted by atomic mass is 32.2. The largest absolute Gasteiger partial charge is 0.350 e. The van der Waals surface area contributed by atoms with Crippen molar-refractivity contribution in [1.29, 1.82) is 0 Å². The first-order valence-corrected chi connectivity index (χ1v) is 9.42. The van der Waals surface area contributed by atoms with Gasteiger partial charge < -0.3 is 5.32 Å². The molecule has 1 amide bonds. The van der Waals surface area contributed by atoms with Crippen LogP contribution in [0.2, 0.25) is 0 Å². The lowest BCUT2D eigenvalue weighted by Gasteiger charge is -2.28. The molecule has 0 radical (unpaired) electrons. The van der Waals surface area contributed by atoms with E-state index in [-0.39, 0.29) is 11.9 Å². The summed E-state index contributed by atoms with van der Waals surface area (Å²) in [6.07, 6.45) is 8.51. The molecule has 0 aromatic heterocycles. The van der Waals surface area contributed by atoms with Gasteiger partial charge in [-0.2, -0.15) is 8.78 Å². The fourth-order valence-corrected chi connectivity index (χ4v) is 4.72. The van der Waals surface area contributed by atoms with Crippen LogP contribution in [0, 0.1) is 17.8 Å². The summed E-state index contributed by atoms with van der Waals surface area (Å²) in [5, 5.41) is 3.09. The van der Waals surface area contributed by atoms with Crippen molar-refractivity contribution >= 4 is 23.7 Å². The van der Waals surface area contributed by atoms with Crippen LogP contribution in [0.3, 0.4) is 0 Å². The molecule has 4 atom stereocenters. The minimum absolute atomic E-state index is 0.0868. The molecule has 0 heterocycles. The van der Waals surface area contributed by atoms with Crippen LogP contribution in [0.15, 0.2) is 35.2 Å². The molecule has 0 saturated heterocycles. The van der Waals surface area contributed by atoms with E-state index < -0.39 is 5.76 Å². The van der Waals surface area contributed by atoms with E-state index in [1.54, 1.807) is 30.3 Å². The normalized spacial score (nSPS) is 27.1. The van der Waals surface area contributed by atoms with Crippen molar-refractivity contribution in [2.24, 2.45) is 17.8 Å². The van der Waals surface area contributed by atoms with Crippen molar-refractivity contribution in [3.05, 3.63) is 35.9 Å². The summed E-state index contributed by atoms with van der Waals surface area (Å²) in [7, 11) is 0. The van der Waals surface area contributed by atoms with Gasteiger partial charge in [-0.25, -0.2) is 0 Å². The van der Waals surface area contributed by atoms with E-state index in [0.717, 1.165) is 17.4 Å². The first-order valence-electron chi connectivity index (χ1n) is 8.54. The summed E-state index contributed by atoms with van der Waals surface area (Å²) in [5.74, 6) is -0.221. The summed E-state index contributed by atoms with van der Waals surface area (Å²) in [5.41, 5.74) is 0.830. The molecule has 0 aliphatic heterocycles. The van der Waals surface area contributed by atoms with Crippen molar-refractivity contribution < 1.29 is 13.6 Å². The maximum absolute atomic E-state index is 12.3. The second kappa shape index (κ2) is 7.68. The highest BCUT2D eigenvalue weighted by Gasteiger charge is 2.41. The molecular weight excluding hydrogens is 328 g/mol. The lowest BCUT2D eigenvalue weighted by Crippen LogP contribution is -2.39. The van der Waals surface area contributed by atoms with Crippen molar-refractivity contribution in [3.63, 3.8) is 0 Å². The van der Waals surface area contributed by atoms with Gasteiger partial charge in [0.05, 0.1) is 0 Å². The average Bonchev–Trinajstić information content (AvgIpc) is 3.17. The molecule has 1 aromatic carbocycles. The molecule has 2 nitrogen and oxygen atoms in total. The Kier molecular flexibility index (Phi) is 5.59. The average molecular weight is 351 g/mol. The molecule has 2 fully saturated rings. The Balaban J connectivity index is 1.49. The third-order valence-corrected chi connectivity index (χ3v) is 6.06. The zero-order chi connectivity index (χ0) is 17.1. The Labute approximate surface area is 146 Å². The van der Waals surface area contributed by atoms with Crippen LogP contribution in [-0.4, -0.2) is 17.7 Å². The van der Waals surface area contributed by atoms with Crippen LogP contribution >= 0.6 is 11.8 Å².